The van der Waals surface area contributed by atoms with Crippen molar-refractivity contribution >= 4 is 11.6 Å². The predicted octanol–water partition coefficient (Wildman–Crippen LogP) is -0.973. The third-order valence-corrected chi connectivity index (χ3v) is 8.00. The molecule has 12 atom stereocenters. The van der Waals surface area contributed by atoms with Gasteiger partial charge in [-0.15, -0.1) is 0 Å². The van der Waals surface area contributed by atoms with E-state index in [1.165, 1.54) is 6.26 Å². The summed E-state index contributed by atoms with van der Waals surface area (Å²) < 4.78 is 23.1. The number of Topliss-reactive ketones (excluding diaryl/α,β-unsaturated/α-hetero) is 2. The second-order valence-corrected chi connectivity index (χ2v) is 9.09. The average Bonchev–Trinajstić information content (AvgIpc) is 3.57. The molecule has 0 amide bonds. The molecule has 5 heterocycles. The number of aliphatic hydroxyl groups excluding tert-OH is 2. The van der Waals surface area contributed by atoms with E-state index in [0.717, 1.165) is 0 Å². The maximum atomic E-state index is 13.7. The van der Waals surface area contributed by atoms with Crippen molar-refractivity contribution < 1.29 is 38.7 Å². The highest BCUT2D eigenvalue weighted by molar-refractivity contribution is 6.06. The van der Waals surface area contributed by atoms with Crippen LogP contribution in [0, 0.1) is 17.3 Å². The third kappa shape index (κ3) is 1.47. The average molecular weight is 388 g/mol. The molecule has 2 bridgehead atoms. The lowest BCUT2D eigenvalue weighted by Crippen LogP contribution is -2.72. The molecule has 8 nitrogen and oxygen atoms in total. The molecule has 3 aliphatic carbocycles. The quantitative estimate of drug-likeness (QED) is 0.509. The Morgan fingerprint density at radius 2 is 1.68 bits per heavy atom. The second kappa shape index (κ2) is 4.60. The van der Waals surface area contributed by atoms with Gasteiger partial charge < -0.3 is 29.2 Å². The molecule has 1 saturated carbocycles. The lowest BCUT2D eigenvalue weighted by atomic mass is 9.45. The summed E-state index contributed by atoms with van der Waals surface area (Å²) in [6.45, 7) is 3.77. The minimum absolute atomic E-state index is 0.113. The number of hydrogen-bond acceptors (Lipinski definition) is 8. The molecule has 0 radical (unpaired) electrons. The van der Waals surface area contributed by atoms with Crippen LogP contribution in [0.1, 0.15) is 13.8 Å². The van der Waals surface area contributed by atoms with Gasteiger partial charge in [0.2, 0.25) is 0 Å². The van der Waals surface area contributed by atoms with Crippen molar-refractivity contribution in [1.29, 1.82) is 0 Å². The first-order valence-corrected chi connectivity index (χ1v) is 9.90. The first kappa shape index (κ1) is 16.2. The van der Waals surface area contributed by atoms with Crippen LogP contribution in [-0.2, 0) is 28.5 Å². The number of aliphatic hydroxyl groups is 2. The van der Waals surface area contributed by atoms with Crippen molar-refractivity contribution in [3.05, 3.63) is 23.0 Å². The molecular formula is C20H20O8. The molecule has 28 heavy (non-hydrogen) atoms. The zero-order valence-electron chi connectivity index (χ0n) is 15.3. The molecular weight excluding hydrogens is 368 g/mol. The Morgan fingerprint density at radius 1 is 0.964 bits per heavy atom. The fourth-order valence-corrected chi connectivity index (χ4v) is 6.86. The number of epoxide rings is 2. The van der Waals surface area contributed by atoms with Gasteiger partial charge in [-0.2, -0.15) is 0 Å². The Hall–Kier alpha value is -1.58. The Bertz CT molecular complexity index is 921. The summed E-state index contributed by atoms with van der Waals surface area (Å²) in [4.78, 5) is 26.7. The molecule has 148 valence electrons. The predicted molar refractivity (Wildman–Crippen MR) is 88.8 cm³/mol. The van der Waals surface area contributed by atoms with E-state index in [-0.39, 0.29) is 29.7 Å². The van der Waals surface area contributed by atoms with Gasteiger partial charge in [-0.3, -0.25) is 9.59 Å². The van der Waals surface area contributed by atoms with Crippen LogP contribution in [0.5, 0.6) is 0 Å². The maximum absolute atomic E-state index is 13.7. The highest BCUT2D eigenvalue weighted by atomic mass is 16.6. The molecule has 0 aromatic carbocycles. The van der Waals surface area contributed by atoms with Crippen molar-refractivity contribution in [2.45, 2.75) is 68.8 Å². The summed E-state index contributed by atoms with van der Waals surface area (Å²) in [5, 5.41) is 21.8. The van der Waals surface area contributed by atoms with Gasteiger partial charge in [0.1, 0.15) is 36.6 Å². The van der Waals surface area contributed by atoms with Crippen LogP contribution in [0.3, 0.4) is 0 Å². The van der Waals surface area contributed by atoms with Crippen LogP contribution in [0.4, 0.5) is 0 Å². The van der Waals surface area contributed by atoms with E-state index >= 15 is 0 Å². The minimum Gasteiger partial charge on any atom is -0.498 e. The molecule has 1 spiro atoms. The SMILES string of the molecule is C[C@@H]1O[C@H]2C3=C(C(=O)[C@@H]4O[C@@H]4[C@H]3O)[C@@H]1C1[C@@H](C)OC=C3[C@H](O)[C@H]4O[C@H]4C(=O)[C@]312. The van der Waals surface area contributed by atoms with E-state index in [1.807, 2.05) is 13.8 Å². The van der Waals surface area contributed by atoms with E-state index in [4.69, 9.17) is 18.9 Å². The van der Waals surface area contributed by atoms with Crippen molar-refractivity contribution in [2.75, 3.05) is 0 Å². The van der Waals surface area contributed by atoms with Gasteiger partial charge in [-0.05, 0) is 19.4 Å². The summed E-state index contributed by atoms with van der Waals surface area (Å²) in [6.07, 6.45) is -4.40. The van der Waals surface area contributed by atoms with E-state index in [1.54, 1.807) is 0 Å². The van der Waals surface area contributed by atoms with Crippen LogP contribution in [0.15, 0.2) is 23.0 Å². The molecule has 8 aliphatic rings. The molecule has 1 unspecified atom stereocenters. The minimum atomic E-state index is -1.19. The molecule has 4 fully saturated rings. The Labute approximate surface area is 160 Å². The standard InChI is InChI=1S/C20H20O8/c1-4-7-8-9(13(23)16-15(27-16)12(8)22)19(26-4)20-6(3-25-5(2)10(7)20)11(21)14-17(28-14)18(20)24/h3-5,7,10-11,13-17,19,21,23H,1-2H3/t4-,5+,7+,10?,11-,13-,14+,15-,16+,17+,19-,20-/m0/s1. The number of carbonyl (C=O) groups excluding carboxylic acids is 2. The summed E-state index contributed by atoms with van der Waals surface area (Å²) in [5.74, 6) is -1.05. The number of rotatable bonds is 0. The zero-order valence-corrected chi connectivity index (χ0v) is 15.3. The number of ether oxygens (including phenoxy) is 4. The Morgan fingerprint density at radius 3 is 2.46 bits per heavy atom. The number of carbonyl (C=O) groups is 2. The van der Waals surface area contributed by atoms with Gasteiger partial charge >= 0.3 is 0 Å². The van der Waals surface area contributed by atoms with Crippen LogP contribution in [-0.4, -0.2) is 76.7 Å². The van der Waals surface area contributed by atoms with Gasteiger partial charge in [-0.25, -0.2) is 0 Å². The third-order valence-electron chi connectivity index (χ3n) is 8.00. The first-order valence-electron chi connectivity index (χ1n) is 9.90. The summed E-state index contributed by atoms with van der Waals surface area (Å²) in [7, 11) is 0. The van der Waals surface area contributed by atoms with E-state index in [2.05, 4.69) is 0 Å². The van der Waals surface area contributed by atoms with Gasteiger partial charge in [0, 0.05) is 23.0 Å². The maximum Gasteiger partial charge on any atom is 0.190 e. The lowest BCUT2D eigenvalue weighted by molar-refractivity contribution is -0.210. The Balaban J connectivity index is 1.52. The van der Waals surface area contributed by atoms with E-state index in [0.29, 0.717) is 16.7 Å². The molecule has 8 heteroatoms. The van der Waals surface area contributed by atoms with Crippen molar-refractivity contribution in [1.82, 2.24) is 0 Å². The summed E-state index contributed by atoms with van der Waals surface area (Å²) >= 11 is 0. The molecule has 0 aromatic rings. The van der Waals surface area contributed by atoms with Crippen LogP contribution in [0.2, 0.25) is 0 Å². The van der Waals surface area contributed by atoms with Crippen molar-refractivity contribution in [2.24, 2.45) is 17.3 Å². The highest BCUT2D eigenvalue weighted by Crippen LogP contribution is 2.67. The second-order valence-electron chi connectivity index (χ2n) is 9.09. The summed E-state index contributed by atoms with van der Waals surface area (Å²) in [6, 6.07) is 0. The smallest absolute Gasteiger partial charge is 0.190 e. The topological polar surface area (TPSA) is 118 Å². The van der Waals surface area contributed by atoms with E-state index < -0.39 is 54.1 Å². The molecule has 2 N–H and O–H groups in total. The van der Waals surface area contributed by atoms with Crippen molar-refractivity contribution in [3.63, 3.8) is 0 Å². The monoisotopic (exact) mass is 388 g/mol. The van der Waals surface area contributed by atoms with Crippen LogP contribution < -0.4 is 0 Å². The largest absolute Gasteiger partial charge is 0.498 e. The van der Waals surface area contributed by atoms with Gasteiger partial charge in [-0.1, -0.05) is 0 Å². The highest BCUT2D eigenvalue weighted by Gasteiger charge is 2.78. The normalized spacial score (nSPS) is 60.0. The van der Waals surface area contributed by atoms with Crippen LogP contribution >= 0.6 is 0 Å². The fourth-order valence-electron chi connectivity index (χ4n) is 6.86. The zero-order chi connectivity index (χ0) is 19.3. The van der Waals surface area contributed by atoms with Crippen LogP contribution in [0.25, 0.3) is 0 Å². The Kier molecular flexibility index (Phi) is 2.67. The molecule has 3 saturated heterocycles. The van der Waals surface area contributed by atoms with E-state index in [9.17, 15) is 19.8 Å². The lowest BCUT2D eigenvalue weighted by Gasteiger charge is -2.63. The van der Waals surface area contributed by atoms with Gasteiger partial charge in [0.15, 0.2) is 11.6 Å². The first-order chi connectivity index (χ1) is 13.4. The van der Waals surface area contributed by atoms with Gasteiger partial charge in [0.25, 0.3) is 0 Å². The summed E-state index contributed by atoms with van der Waals surface area (Å²) in [5.41, 5.74) is 0.269. The molecule has 8 rings (SSSR count). The van der Waals surface area contributed by atoms with Gasteiger partial charge in [0.05, 0.1) is 30.0 Å². The number of ketones is 2. The molecule has 5 aliphatic heterocycles. The fraction of sp³-hybridized carbons (Fsp3) is 0.700. The number of fused-ring (bicyclic) bond motifs is 3. The number of hydrogen-bond donors (Lipinski definition) is 2. The van der Waals surface area contributed by atoms with Crippen molar-refractivity contribution in [3.8, 4) is 0 Å². The molecule has 0 aromatic heterocycles.